The maximum atomic E-state index is 12.6. The summed E-state index contributed by atoms with van der Waals surface area (Å²) in [6, 6.07) is 16.9. The summed E-state index contributed by atoms with van der Waals surface area (Å²) < 4.78 is 7.37. The molecule has 152 valence electrons. The molecule has 0 radical (unpaired) electrons. The van der Waals surface area contributed by atoms with Gasteiger partial charge in [0.2, 0.25) is 5.91 Å². The number of nitrogens with zero attached hydrogens (tertiary/aromatic N) is 2. The summed E-state index contributed by atoms with van der Waals surface area (Å²) in [4.78, 5) is 29.4. The van der Waals surface area contributed by atoms with Gasteiger partial charge in [0.15, 0.2) is 11.6 Å². The van der Waals surface area contributed by atoms with Crippen molar-refractivity contribution in [2.75, 3.05) is 19.0 Å². The number of aromatic nitrogens is 2. The molecular formula is C22H20N4O3S. The highest BCUT2D eigenvalue weighted by atomic mass is 32.1. The van der Waals surface area contributed by atoms with Gasteiger partial charge in [0.25, 0.3) is 5.91 Å². The number of carbonyl (C=O) groups excluding carboxylic acids is 2. The van der Waals surface area contributed by atoms with Crippen molar-refractivity contribution in [3.63, 3.8) is 0 Å². The second kappa shape index (κ2) is 8.79. The molecular weight excluding hydrogens is 400 g/mol. The molecule has 0 atom stereocenters. The van der Waals surface area contributed by atoms with Gasteiger partial charge in [-0.25, -0.2) is 4.98 Å². The van der Waals surface area contributed by atoms with Crippen molar-refractivity contribution >= 4 is 33.8 Å². The second-order valence-electron chi connectivity index (χ2n) is 6.59. The van der Waals surface area contributed by atoms with E-state index in [2.05, 4.69) is 15.6 Å². The highest BCUT2D eigenvalue weighted by Crippen LogP contribution is 2.24. The van der Waals surface area contributed by atoms with Crippen molar-refractivity contribution in [1.82, 2.24) is 14.7 Å². The molecule has 4 aromatic rings. The van der Waals surface area contributed by atoms with Crippen LogP contribution in [-0.4, -0.2) is 34.9 Å². The first kappa shape index (κ1) is 19.7. The van der Waals surface area contributed by atoms with Crippen LogP contribution in [0, 0.1) is 0 Å². The minimum absolute atomic E-state index is 0.0782. The largest absolute Gasteiger partial charge is 0.484 e. The summed E-state index contributed by atoms with van der Waals surface area (Å²) in [5.41, 5.74) is 3.40. The lowest BCUT2D eigenvalue weighted by molar-refractivity contribution is -0.122. The molecule has 0 aliphatic rings. The minimum Gasteiger partial charge on any atom is -0.484 e. The Morgan fingerprint density at radius 3 is 2.73 bits per heavy atom. The van der Waals surface area contributed by atoms with Gasteiger partial charge in [0.05, 0.1) is 12.1 Å². The van der Waals surface area contributed by atoms with Crippen LogP contribution in [0.2, 0.25) is 0 Å². The van der Waals surface area contributed by atoms with E-state index in [-0.39, 0.29) is 24.8 Å². The second-order valence-corrected chi connectivity index (χ2v) is 7.42. The van der Waals surface area contributed by atoms with Crippen LogP contribution in [0.3, 0.4) is 0 Å². The van der Waals surface area contributed by atoms with E-state index in [0.29, 0.717) is 11.4 Å². The van der Waals surface area contributed by atoms with Crippen molar-refractivity contribution in [3.05, 3.63) is 71.9 Å². The molecule has 0 aliphatic heterocycles. The molecule has 0 saturated heterocycles. The lowest BCUT2D eigenvalue weighted by Gasteiger charge is -2.08. The Hall–Kier alpha value is -3.65. The molecule has 7 nitrogen and oxygen atoms in total. The molecule has 30 heavy (non-hydrogen) atoms. The Morgan fingerprint density at radius 2 is 1.93 bits per heavy atom. The van der Waals surface area contributed by atoms with E-state index >= 15 is 0 Å². The molecule has 2 amide bonds. The smallest absolute Gasteiger partial charge is 0.257 e. The fourth-order valence-corrected chi connectivity index (χ4v) is 3.83. The van der Waals surface area contributed by atoms with E-state index in [1.165, 1.54) is 11.3 Å². The number of nitrogens with one attached hydrogen (secondary N) is 2. The summed E-state index contributed by atoms with van der Waals surface area (Å²) >= 11 is 1.51. The third-order valence-electron chi connectivity index (χ3n) is 4.46. The molecule has 0 unspecified atom stereocenters. The van der Waals surface area contributed by atoms with Crippen LogP contribution in [0.1, 0.15) is 5.69 Å². The van der Waals surface area contributed by atoms with Gasteiger partial charge in [0.1, 0.15) is 5.75 Å². The number of rotatable bonds is 7. The van der Waals surface area contributed by atoms with Crippen molar-refractivity contribution < 1.29 is 14.3 Å². The predicted octanol–water partition coefficient (Wildman–Crippen LogP) is 3.37. The third-order valence-corrected chi connectivity index (χ3v) is 5.35. The highest BCUT2D eigenvalue weighted by molar-refractivity contribution is 7.15. The number of fused-ring (bicyclic) bond motifs is 1. The van der Waals surface area contributed by atoms with Crippen molar-refractivity contribution in [2.24, 2.45) is 0 Å². The molecule has 2 heterocycles. The number of thiazole rings is 1. The summed E-state index contributed by atoms with van der Waals surface area (Å²) in [7, 11) is 1.55. The van der Waals surface area contributed by atoms with E-state index in [0.717, 1.165) is 21.9 Å². The highest BCUT2D eigenvalue weighted by Gasteiger charge is 2.13. The lowest BCUT2D eigenvalue weighted by atomic mass is 10.2. The molecule has 0 saturated carbocycles. The van der Waals surface area contributed by atoms with Crippen LogP contribution >= 0.6 is 11.3 Å². The molecule has 4 rings (SSSR count). The number of anilines is 1. The average Bonchev–Trinajstić information content (AvgIpc) is 3.35. The van der Waals surface area contributed by atoms with Gasteiger partial charge in [-0.05, 0) is 12.1 Å². The van der Waals surface area contributed by atoms with Crippen molar-refractivity contribution in [1.29, 1.82) is 0 Å². The van der Waals surface area contributed by atoms with E-state index in [1.54, 1.807) is 31.3 Å². The standard InChI is InChI=1S/C22H20N4O3S/c1-23-21(28)13-29-18-9-5-8-16(10-18)24-20(27)11-17-14-30-22-25-19(12-26(17)22)15-6-3-2-4-7-15/h2-10,12,14H,11,13H2,1H3,(H,23,28)(H,24,27). The van der Waals surface area contributed by atoms with E-state index < -0.39 is 0 Å². The maximum absolute atomic E-state index is 12.6. The van der Waals surface area contributed by atoms with Gasteiger partial charge in [-0.15, -0.1) is 11.3 Å². The maximum Gasteiger partial charge on any atom is 0.257 e. The topological polar surface area (TPSA) is 84.7 Å². The summed E-state index contributed by atoms with van der Waals surface area (Å²) in [6.07, 6.45) is 2.17. The van der Waals surface area contributed by atoms with Gasteiger partial charge in [-0.1, -0.05) is 36.4 Å². The van der Waals surface area contributed by atoms with Crippen LogP contribution in [-0.2, 0) is 16.0 Å². The Balaban J connectivity index is 1.44. The fourth-order valence-electron chi connectivity index (χ4n) is 2.96. The number of imidazole rings is 1. The zero-order valence-electron chi connectivity index (χ0n) is 16.3. The first-order chi connectivity index (χ1) is 14.6. The summed E-state index contributed by atoms with van der Waals surface area (Å²) in [6.45, 7) is -0.0782. The zero-order chi connectivity index (χ0) is 20.9. The monoisotopic (exact) mass is 420 g/mol. The molecule has 0 spiro atoms. The first-order valence-corrected chi connectivity index (χ1v) is 10.2. The molecule has 2 aromatic heterocycles. The van der Waals surface area contributed by atoms with Gasteiger partial charge in [-0.3, -0.25) is 14.0 Å². The van der Waals surface area contributed by atoms with Crippen LogP contribution in [0.5, 0.6) is 5.75 Å². The number of amides is 2. The van der Waals surface area contributed by atoms with Gasteiger partial charge in [-0.2, -0.15) is 0 Å². The predicted molar refractivity (Wildman–Crippen MR) is 117 cm³/mol. The third kappa shape index (κ3) is 4.49. The first-order valence-electron chi connectivity index (χ1n) is 9.36. The number of benzene rings is 2. The Kier molecular flexibility index (Phi) is 5.76. The van der Waals surface area contributed by atoms with Crippen LogP contribution in [0.25, 0.3) is 16.2 Å². The van der Waals surface area contributed by atoms with Crippen LogP contribution in [0.4, 0.5) is 5.69 Å². The van der Waals surface area contributed by atoms with Gasteiger partial charge >= 0.3 is 0 Å². The van der Waals surface area contributed by atoms with Gasteiger partial charge < -0.3 is 15.4 Å². The van der Waals surface area contributed by atoms with E-state index in [1.807, 2.05) is 46.3 Å². The summed E-state index contributed by atoms with van der Waals surface area (Å²) in [5.74, 6) is 0.144. The van der Waals surface area contributed by atoms with Crippen LogP contribution in [0.15, 0.2) is 66.2 Å². The molecule has 2 aromatic carbocycles. The molecule has 2 N–H and O–H groups in total. The Morgan fingerprint density at radius 1 is 1.10 bits per heavy atom. The fraction of sp³-hybridized carbons (Fsp3) is 0.136. The molecule has 0 bridgehead atoms. The molecule has 0 aliphatic carbocycles. The van der Waals surface area contributed by atoms with Crippen molar-refractivity contribution in [3.8, 4) is 17.0 Å². The quantitative estimate of drug-likeness (QED) is 0.480. The van der Waals surface area contributed by atoms with E-state index in [4.69, 9.17) is 4.74 Å². The van der Waals surface area contributed by atoms with E-state index in [9.17, 15) is 9.59 Å². The zero-order valence-corrected chi connectivity index (χ0v) is 17.1. The van der Waals surface area contributed by atoms with Crippen LogP contribution < -0.4 is 15.4 Å². The van der Waals surface area contributed by atoms with Gasteiger partial charge in [0, 0.05) is 41.6 Å². The number of hydrogen-bond acceptors (Lipinski definition) is 5. The Bertz CT molecular complexity index is 1180. The molecule has 8 heteroatoms. The average molecular weight is 420 g/mol. The SMILES string of the molecule is CNC(=O)COc1cccc(NC(=O)Cc2csc3nc(-c4ccccc4)cn23)c1. The number of ether oxygens (including phenoxy) is 1. The van der Waals surface area contributed by atoms with Crippen molar-refractivity contribution in [2.45, 2.75) is 6.42 Å². The number of carbonyl (C=O) groups is 2. The summed E-state index contributed by atoms with van der Waals surface area (Å²) in [5, 5.41) is 7.31. The molecule has 0 fully saturated rings. The lowest BCUT2D eigenvalue weighted by Crippen LogP contribution is -2.24. The normalized spacial score (nSPS) is 10.7. The number of likely N-dealkylation sites (N-methyl/N-ethyl adjacent to an activating group) is 1. The Labute approximate surface area is 177 Å². The minimum atomic E-state index is -0.221. The number of hydrogen-bond donors (Lipinski definition) is 2.